The number of benzene rings is 2. The van der Waals surface area contributed by atoms with E-state index >= 15 is 0 Å². The van der Waals surface area contributed by atoms with E-state index in [4.69, 9.17) is 26.8 Å². The second-order valence-corrected chi connectivity index (χ2v) is 8.67. The zero-order valence-electron chi connectivity index (χ0n) is 18.8. The number of fused-ring (bicyclic) bond motifs is 1. The highest BCUT2D eigenvalue weighted by Crippen LogP contribution is 2.32. The molecule has 4 aromatic rings. The van der Waals surface area contributed by atoms with Gasteiger partial charge in [0.05, 0.1) is 22.3 Å². The molecule has 0 unspecified atom stereocenters. The molecule has 35 heavy (non-hydrogen) atoms. The van der Waals surface area contributed by atoms with Gasteiger partial charge < -0.3 is 20.5 Å². The van der Waals surface area contributed by atoms with Gasteiger partial charge in [0.2, 0.25) is 5.82 Å². The number of nitrogens with one attached hydrogen (secondary N) is 1. The fraction of sp³-hybridized carbons (Fsp3) is 0.231. The van der Waals surface area contributed by atoms with Crippen LogP contribution in [-0.2, 0) is 6.61 Å². The molecule has 1 radical (unpaired) electrons. The number of anilines is 2. The van der Waals surface area contributed by atoms with Crippen molar-refractivity contribution in [2.24, 2.45) is 5.73 Å². The predicted molar refractivity (Wildman–Crippen MR) is 133 cm³/mol. The summed E-state index contributed by atoms with van der Waals surface area (Å²) in [5.41, 5.74) is 7.47. The normalized spacial score (nSPS) is 13.6. The quantitative estimate of drug-likeness (QED) is 0.349. The van der Waals surface area contributed by atoms with Gasteiger partial charge in [-0.1, -0.05) is 17.7 Å². The Morgan fingerprint density at radius 2 is 2.03 bits per heavy atom. The van der Waals surface area contributed by atoms with Crippen molar-refractivity contribution in [3.8, 4) is 11.5 Å². The summed E-state index contributed by atoms with van der Waals surface area (Å²) in [4.78, 5) is 24.8. The van der Waals surface area contributed by atoms with Gasteiger partial charge in [0.25, 0.3) is 5.91 Å². The average Bonchev–Trinajstić information content (AvgIpc) is 3.37. The van der Waals surface area contributed by atoms with Gasteiger partial charge in [-0.25, -0.2) is 9.97 Å². The van der Waals surface area contributed by atoms with Crippen molar-refractivity contribution < 1.29 is 14.3 Å². The van der Waals surface area contributed by atoms with E-state index in [-0.39, 0.29) is 11.9 Å². The first-order valence-electron chi connectivity index (χ1n) is 11.3. The number of ether oxygens (including phenoxy) is 2. The van der Waals surface area contributed by atoms with Crippen LogP contribution in [0.15, 0.2) is 54.7 Å². The molecule has 1 aliphatic rings. The molecule has 8 nitrogen and oxygen atoms in total. The number of hydrogen-bond acceptors (Lipinski definition) is 7. The smallest absolute Gasteiger partial charge is 0.286 e. The van der Waals surface area contributed by atoms with E-state index in [0.29, 0.717) is 45.5 Å². The molecule has 0 bridgehead atoms. The van der Waals surface area contributed by atoms with Crippen LogP contribution in [0.1, 0.15) is 42.0 Å². The van der Waals surface area contributed by atoms with Gasteiger partial charge >= 0.3 is 0 Å². The number of hydrogen-bond donors (Lipinski definition) is 2. The molecule has 1 amide bonds. The Labute approximate surface area is 207 Å². The molecule has 2 heterocycles. The second kappa shape index (κ2) is 10.1. The van der Waals surface area contributed by atoms with Gasteiger partial charge in [0, 0.05) is 29.4 Å². The van der Waals surface area contributed by atoms with E-state index in [1.807, 2.05) is 18.2 Å². The molecule has 2 aromatic heterocycles. The molecule has 0 aliphatic heterocycles. The molecule has 9 heteroatoms. The summed E-state index contributed by atoms with van der Waals surface area (Å²) in [6, 6.07) is 17.6. The van der Waals surface area contributed by atoms with Crippen LogP contribution in [-0.4, -0.2) is 27.0 Å². The van der Waals surface area contributed by atoms with Gasteiger partial charge in [-0.2, -0.15) is 0 Å². The molecular formula is C26H23ClN5O3. The number of rotatable bonds is 8. The summed E-state index contributed by atoms with van der Waals surface area (Å²) in [6.07, 6.45) is 6.26. The number of halogens is 1. The minimum Gasteiger partial charge on any atom is -0.490 e. The number of amides is 1. The van der Waals surface area contributed by atoms with Crippen molar-refractivity contribution in [3.05, 3.63) is 77.3 Å². The Balaban J connectivity index is 1.39. The lowest BCUT2D eigenvalue weighted by Crippen LogP contribution is -2.16. The van der Waals surface area contributed by atoms with Gasteiger partial charge in [-0.15, -0.1) is 0 Å². The Morgan fingerprint density at radius 1 is 1.17 bits per heavy atom. The Kier molecular flexibility index (Phi) is 6.63. The number of pyridine rings is 1. The van der Waals surface area contributed by atoms with Crippen molar-refractivity contribution in [2.75, 3.05) is 5.32 Å². The highest BCUT2D eigenvalue weighted by Gasteiger charge is 2.18. The molecular weight excluding hydrogens is 466 g/mol. The molecule has 177 valence electrons. The molecule has 2 aromatic carbocycles. The number of nitrogens with two attached hydrogens (primary N) is 1. The summed E-state index contributed by atoms with van der Waals surface area (Å²) in [5, 5.41) is 4.29. The van der Waals surface area contributed by atoms with Gasteiger partial charge in [0.15, 0.2) is 0 Å². The van der Waals surface area contributed by atoms with Crippen LogP contribution in [0.3, 0.4) is 0 Å². The lowest BCUT2D eigenvalue weighted by molar-refractivity contribution is 0.0991. The zero-order valence-corrected chi connectivity index (χ0v) is 19.6. The second-order valence-electron chi connectivity index (χ2n) is 8.26. The van der Waals surface area contributed by atoms with E-state index in [2.05, 4.69) is 26.3 Å². The number of aromatic nitrogens is 3. The highest BCUT2D eigenvalue weighted by molar-refractivity contribution is 6.32. The Bertz CT molecular complexity index is 1360. The summed E-state index contributed by atoms with van der Waals surface area (Å²) >= 11 is 6.45. The van der Waals surface area contributed by atoms with Crippen LogP contribution < -0.4 is 20.5 Å². The molecule has 0 saturated heterocycles. The minimum atomic E-state index is -0.725. The van der Waals surface area contributed by atoms with E-state index in [1.54, 1.807) is 36.5 Å². The molecule has 0 atom stereocenters. The van der Waals surface area contributed by atoms with Crippen molar-refractivity contribution in [1.29, 1.82) is 0 Å². The number of nitrogens with zero attached hydrogens (tertiary/aromatic N) is 3. The minimum absolute atomic E-state index is 0.0978. The maximum atomic E-state index is 11.9. The SMILES string of the molecule is NC(=O)c1nc(Nc2ccc(OCc3ccccn3)c(Cl)c2)c2c[c]c(OC3CCCC3)cc2n1. The van der Waals surface area contributed by atoms with E-state index in [9.17, 15) is 4.79 Å². The first kappa shape index (κ1) is 22.9. The highest BCUT2D eigenvalue weighted by atomic mass is 35.5. The molecule has 1 aliphatic carbocycles. The lowest BCUT2D eigenvalue weighted by atomic mass is 10.2. The Hall–Kier alpha value is -3.91. The summed E-state index contributed by atoms with van der Waals surface area (Å²) in [7, 11) is 0. The number of primary amides is 1. The average molecular weight is 489 g/mol. The predicted octanol–water partition coefficient (Wildman–Crippen LogP) is 5.22. The van der Waals surface area contributed by atoms with Crippen molar-refractivity contribution >= 4 is 39.9 Å². The summed E-state index contributed by atoms with van der Waals surface area (Å²) in [5.74, 6) is 0.694. The van der Waals surface area contributed by atoms with Crippen molar-refractivity contribution in [3.63, 3.8) is 0 Å². The zero-order chi connectivity index (χ0) is 24.2. The largest absolute Gasteiger partial charge is 0.490 e. The standard InChI is InChI=1S/C26H23ClN5O3/c27-21-13-16(8-11-23(21)34-15-17-5-3-4-12-29-17)30-25-20-10-9-19(35-18-6-1-2-7-18)14-22(20)31-26(32-25)24(28)33/h3-5,8,10-14,18H,1-2,6-7,15H2,(H2,28,33)(H,30,31,32). The van der Waals surface area contributed by atoms with Gasteiger partial charge in [-0.05, 0) is 62.1 Å². The first-order valence-corrected chi connectivity index (χ1v) is 11.7. The van der Waals surface area contributed by atoms with Crippen LogP contribution in [0.5, 0.6) is 11.5 Å². The first-order chi connectivity index (χ1) is 17.0. The topological polar surface area (TPSA) is 112 Å². The third-order valence-electron chi connectivity index (χ3n) is 5.71. The fourth-order valence-electron chi connectivity index (χ4n) is 3.98. The molecule has 5 rings (SSSR count). The van der Waals surface area contributed by atoms with Crippen LogP contribution in [0.4, 0.5) is 11.5 Å². The third kappa shape index (κ3) is 5.44. The number of carbonyl (C=O) groups is 1. The molecule has 0 spiro atoms. The van der Waals surface area contributed by atoms with E-state index < -0.39 is 5.91 Å². The maximum Gasteiger partial charge on any atom is 0.286 e. The van der Waals surface area contributed by atoms with Crippen LogP contribution >= 0.6 is 11.6 Å². The summed E-state index contributed by atoms with van der Waals surface area (Å²) < 4.78 is 11.8. The maximum absolute atomic E-state index is 11.9. The van der Waals surface area contributed by atoms with E-state index in [1.165, 1.54) is 0 Å². The van der Waals surface area contributed by atoms with E-state index in [0.717, 1.165) is 31.4 Å². The lowest BCUT2D eigenvalue weighted by Gasteiger charge is -2.15. The van der Waals surface area contributed by atoms with Gasteiger partial charge in [-0.3, -0.25) is 9.78 Å². The van der Waals surface area contributed by atoms with Crippen LogP contribution in [0.2, 0.25) is 5.02 Å². The van der Waals surface area contributed by atoms with Crippen LogP contribution in [0.25, 0.3) is 10.9 Å². The third-order valence-corrected chi connectivity index (χ3v) is 6.01. The van der Waals surface area contributed by atoms with Crippen molar-refractivity contribution in [2.45, 2.75) is 38.4 Å². The van der Waals surface area contributed by atoms with Crippen LogP contribution in [0, 0.1) is 6.07 Å². The van der Waals surface area contributed by atoms with Gasteiger partial charge in [0.1, 0.15) is 23.9 Å². The molecule has 1 fully saturated rings. The fourth-order valence-corrected chi connectivity index (χ4v) is 4.21. The molecule has 1 saturated carbocycles. The molecule has 3 N–H and O–H groups in total. The number of carbonyl (C=O) groups excluding carboxylic acids is 1. The summed E-state index contributed by atoms with van der Waals surface area (Å²) in [6.45, 7) is 0.299. The Morgan fingerprint density at radius 3 is 2.77 bits per heavy atom. The monoisotopic (exact) mass is 488 g/mol. The van der Waals surface area contributed by atoms with Crippen molar-refractivity contribution in [1.82, 2.24) is 15.0 Å².